The zero-order chi connectivity index (χ0) is 14.7. The van der Waals surface area contributed by atoms with Gasteiger partial charge in [-0.05, 0) is 48.4 Å². The molecule has 1 aromatic carbocycles. The number of benzene rings is 1. The molecule has 2 N–H and O–H groups in total. The summed E-state index contributed by atoms with van der Waals surface area (Å²) in [6.45, 7) is 4.00. The highest BCUT2D eigenvalue weighted by molar-refractivity contribution is 5.94. The quantitative estimate of drug-likeness (QED) is 0.891. The fraction of sp³-hybridized carbons (Fsp3) is 0.611. The van der Waals surface area contributed by atoms with Gasteiger partial charge >= 0.3 is 0 Å². The van der Waals surface area contributed by atoms with Crippen LogP contribution in [0.25, 0.3) is 0 Å². The van der Waals surface area contributed by atoms with E-state index in [4.69, 9.17) is 0 Å². The normalized spacial score (nSPS) is 20.0. The molecular formula is C18H26N2O. The highest BCUT2D eigenvalue weighted by Gasteiger charge is 2.24. The van der Waals surface area contributed by atoms with Gasteiger partial charge in [0, 0.05) is 24.7 Å². The van der Waals surface area contributed by atoms with Crippen molar-refractivity contribution >= 4 is 5.91 Å². The summed E-state index contributed by atoms with van der Waals surface area (Å²) in [5.41, 5.74) is 3.41. The van der Waals surface area contributed by atoms with E-state index in [0.29, 0.717) is 12.0 Å². The molecule has 1 aliphatic heterocycles. The summed E-state index contributed by atoms with van der Waals surface area (Å²) in [6, 6.07) is 6.45. The van der Waals surface area contributed by atoms with Crippen molar-refractivity contribution in [3.8, 4) is 0 Å². The lowest BCUT2D eigenvalue weighted by atomic mass is 9.83. The fourth-order valence-electron chi connectivity index (χ4n) is 3.78. The second-order valence-corrected chi connectivity index (χ2v) is 6.47. The number of carbonyl (C=O) groups is 1. The second-order valence-electron chi connectivity index (χ2n) is 6.47. The van der Waals surface area contributed by atoms with E-state index in [1.54, 1.807) is 0 Å². The third-order valence-corrected chi connectivity index (χ3v) is 5.07. The third-order valence-electron chi connectivity index (χ3n) is 5.07. The van der Waals surface area contributed by atoms with Crippen LogP contribution < -0.4 is 10.6 Å². The SMILES string of the molecule is CCC(NC(=O)c1ccc2c(c1)CNC2)C1CCCCC1. The number of hydrogen-bond acceptors (Lipinski definition) is 2. The first-order valence-corrected chi connectivity index (χ1v) is 8.41. The van der Waals surface area contributed by atoms with E-state index in [0.717, 1.165) is 25.1 Å². The molecule has 0 spiro atoms. The van der Waals surface area contributed by atoms with Gasteiger partial charge < -0.3 is 10.6 Å². The number of hydrogen-bond donors (Lipinski definition) is 2. The van der Waals surface area contributed by atoms with Crippen LogP contribution in [0.1, 0.15) is 66.9 Å². The van der Waals surface area contributed by atoms with Crippen molar-refractivity contribution in [3.63, 3.8) is 0 Å². The summed E-state index contributed by atoms with van der Waals surface area (Å²) in [5.74, 6) is 0.769. The third kappa shape index (κ3) is 3.29. The van der Waals surface area contributed by atoms with Gasteiger partial charge in [0.1, 0.15) is 0 Å². The van der Waals surface area contributed by atoms with E-state index >= 15 is 0 Å². The Labute approximate surface area is 127 Å². The molecule has 1 atom stereocenters. The standard InChI is InChI=1S/C18H26N2O/c1-2-17(13-6-4-3-5-7-13)20-18(21)14-8-9-15-11-19-12-16(15)10-14/h8-10,13,17,19H,2-7,11-12H2,1H3,(H,20,21). The van der Waals surface area contributed by atoms with Gasteiger partial charge in [-0.1, -0.05) is 32.3 Å². The maximum Gasteiger partial charge on any atom is 0.251 e. The minimum Gasteiger partial charge on any atom is -0.349 e. The summed E-state index contributed by atoms with van der Waals surface area (Å²) in [7, 11) is 0. The van der Waals surface area contributed by atoms with Crippen molar-refractivity contribution in [3.05, 3.63) is 34.9 Å². The van der Waals surface area contributed by atoms with E-state index in [9.17, 15) is 4.79 Å². The maximum absolute atomic E-state index is 12.5. The first kappa shape index (κ1) is 14.6. The average Bonchev–Trinajstić information content (AvgIpc) is 3.00. The number of nitrogens with one attached hydrogen (secondary N) is 2. The van der Waals surface area contributed by atoms with Crippen LogP contribution in [0.3, 0.4) is 0 Å². The number of amides is 1. The van der Waals surface area contributed by atoms with Gasteiger partial charge in [-0.2, -0.15) is 0 Å². The zero-order valence-corrected chi connectivity index (χ0v) is 13.0. The smallest absolute Gasteiger partial charge is 0.251 e. The monoisotopic (exact) mass is 286 g/mol. The Kier molecular flexibility index (Phi) is 4.59. The van der Waals surface area contributed by atoms with Crippen LogP contribution in [0.4, 0.5) is 0 Å². The molecule has 0 aromatic heterocycles. The molecule has 1 amide bonds. The van der Waals surface area contributed by atoms with Crippen molar-refractivity contribution in [1.82, 2.24) is 10.6 Å². The van der Waals surface area contributed by atoms with E-state index in [2.05, 4.69) is 29.7 Å². The minimum absolute atomic E-state index is 0.0992. The van der Waals surface area contributed by atoms with E-state index in [-0.39, 0.29) is 5.91 Å². The van der Waals surface area contributed by atoms with Crippen molar-refractivity contribution in [1.29, 1.82) is 0 Å². The number of carbonyl (C=O) groups excluding carboxylic acids is 1. The Morgan fingerprint density at radius 2 is 2.00 bits per heavy atom. The van der Waals surface area contributed by atoms with Crippen molar-refractivity contribution in [2.45, 2.75) is 64.6 Å². The molecular weight excluding hydrogens is 260 g/mol. The van der Waals surface area contributed by atoms with Gasteiger partial charge in [-0.25, -0.2) is 0 Å². The zero-order valence-electron chi connectivity index (χ0n) is 13.0. The summed E-state index contributed by atoms with van der Waals surface area (Å²) < 4.78 is 0. The van der Waals surface area contributed by atoms with Crippen LogP contribution >= 0.6 is 0 Å². The van der Waals surface area contributed by atoms with Crippen molar-refractivity contribution in [2.75, 3.05) is 0 Å². The van der Waals surface area contributed by atoms with E-state index in [1.807, 2.05) is 6.07 Å². The molecule has 0 radical (unpaired) electrons. The predicted molar refractivity (Wildman–Crippen MR) is 85.1 cm³/mol. The second kappa shape index (κ2) is 6.61. The molecule has 1 heterocycles. The minimum atomic E-state index is 0.0992. The van der Waals surface area contributed by atoms with Crippen LogP contribution in [-0.4, -0.2) is 11.9 Å². The molecule has 1 unspecified atom stereocenters. The number of fused-ring (bicyclic) bond motifs is 1. The Balaban J connectivity index is 1.66. The Morgan fingerprint density at radius 1 is 1.24 bits per heavy atom. The highest BCUT2D eigenvalue weighted by atomic mass is 16.1. The predicted octanol–water partition coefficient (Wildman–Crippen LogP) is 3.38. The highest BCUT2D eigenvalue weighted by Crippen LogP contribution is 2.28. The first-order chi connectivity index (χ1) is 10.3. The Bertz CT molecular complexity index is 506. The molecule has 3 heteroatoms. The molecule has 0 bridgehead atoms. The van der Waals surface area contributed by atoms with Crippen molar-refractivity contribution < 1.29 is 4.79 Å². The Hall–Kier alpha value is -1.35. The van der Waals surface area contributed by atoms with Gasteiger partial charge in [-0.3, -0.25) is 4.79 Å². The van der Waals surface area contributed by atoms with E-state index in [1.165, 1.54) is 43.2 Å². The van der Waals surface area contributed by atoms with Gasteiger partial charge in [0.05, 0.1) is 0 Å². The van der Waals surface area contributed by atoms with Crippen molar-refractivity contribution in [2.24, 2.45) is 5.92 Å². The van der Waals surface area contributed by atoms with Gasteiger partial charge in [0.2, 0.25) is 0 Å². The summed E-state index contributed by atoms with van der Waals surface area (Å²) >= 11 is 0. The molecule has 21 heavy (non-hydrogen) atoms. The maximum atomic E-state index is 12.5. The molecule has 1 fully saturated rings. The molecule has 1 aromatic rings. The number of rotatable bonds is 4. The average molecular weight is 286 g/mol. The topological polar surface area (TPSA) is 41.1 Å². The van der Waals surface area contributed by atoms with Crippen LogP contribution in [0.15, 0.2) is 18.2 Å². The first-order valence-electron chi connectivity index (χ1n) is 8.41. The lowest BCUT2D eigenvalue weighted by Gasteiger charge is -2.30. The van der Waals surface area contributed by atoms with Crippen LogP contribution in [0, 0.1) is 5.92 Å². The Morgan fingerprint density at radius 3 is 2.76 bits per heavy atom. The molecule has 0 saturated heterocycles. The molecule has 2 aliphatic rings. The lowest BCUT2D eigenvalue weighted by Crippen LogP contribution is -2.40. The fourth-order valence-corrected chi connectivity index (χ4v) is 3.78. The summed E-state index contributed by atoms with van der Waals surface area (Å²) in [6.07, 6.45) is 7.57. The summed E-state index contributed by atoms with van der Waals surface area (Å²) in [4.78, 5) is 12.5. The molecule has 3 rings (SSSR count). The molecule has 114 valence electrons. The molecule has 1 aliphatic carbocycles. The van der Waals surface area contributed by atoms with Crippen LogP contribution in [0.2, 0.25) is 0 Å². The van der Waals surface area contributed by atoms with Crippen LogP contribution in [0.5, 0.6) is 0 Å². The van der Waals surface area contributed by atoms with Gasteiger partial charge in [-0.15, -0.1) is 0 Å². The van der Waals surface area contributed by atoms with Gasteiger partial charge in [0.25, 0.3) is 5.91 Å². The molecule has 1 saturated carbocycles. The largest absolute Gasteiger partial charge is 0.349 e. The summed E-state index contributed by atoms with van der Waals surface area (Å²) in [5, 5.41) is 6.61. The molecule has 3 nitrogen and oxygen atoms in total. The van der Waals surface area contributed by atoms with Crippen LogP contribution in [-0.2, 0) is 13.1 Å². The lowest BCUT2D eigenvalue weighted by molar-refractivity contribution is 0.0911. The van der Waals surface area contributed by atoms with E-state index < -0.39 is 0 Å². The van der Waals surface area contributed by atoms with Gasteiger partial charge in [0.15, 0.2) is 0 Å².